The molecule has 0 atom stereocenters. The zero-order valence-corrected chi connectivity index (χ0v) is 10.9. The molecule has 0 aliphatic carbocycles. The van der Waals surface area contributed by atoms with E-state index in [2.05, 4.69) is 4.98 Å². The first-order chi connectivity index (χ1) is 8.78. The summed E-state index contributed by atoms with van der Waals surface area (Å²) in [7, 11) is 1.65. The average molecular weight is 264 g/mol. The Morgan fingerprint density at radius 2 is 1.78 bits per heavy atom. The van der Waals surface area contributed by atoms with E-state index in [9.17, 15) is 0 Å². The minimum atomic E-state index is 0.487. The van der Waals surface area contributed by atoms with Crippen molar-refractivity contribution in [3.8, 4) is 5.75 Å². The second-order valence-corrected chi connectivity index (χ2v) is 4.21. The number of hydrogen-bond acceptors (Lipinski definition) is 3. The molecular weight excluding hydrogens is 250 g/mol. The van der Waals surface area contributed by atoms with Gasteiger partial charge >= 0.3 is 0 Å². The number of halogens is 1. The Morgan fingerprint density at radius 1 is 1.06 bits per heavy atom. The third-order valence-corrected chi connectivity index (χ3v) is 2.69. The molecule has 0 bridgehead atoms. The molecule has 0 unspecified atom stereocenters. The first-order valence-corrected chi connectivity index (χ1v) is 5.97. The molecular formula is C14H14ClNO2. The number of ether oxygens (including phenoxy) is 2. The quantitative estimate of drug-likeness (QED) is 0.774. The van der Waals surface area contributed by atoms with Gasteiger partial charge in [-0.3, -0.25) is 0 Å². The topological polar surface area (TPSA) is 31.4 Å². The van der Waals surface area contributed by atoms with Crippen molar-refractivity contribution in [2.24, 2.45) is 0 Å². The summed E-state index contributed by atoms with van der Waals surface area (Å²) in [5, 5.41) is 0.487. The summed E-state index contributed by atoms with van der Waals surface area (Å²) in [6.07, 6.45) is 1.68. The van der Waals surface area contributed by atoms with Gasteiger partial charge < -0.3 is 9.47 Å². The zero-order valence-electron chi connectivity index (χ0n) is 10.1. The van der Waals surface area contributed by atoms with Gasteiger partial charge in [-0.2, -0.15) is 0 Å². The van der Waals surface area contributed by atoms with Crippen molar-refractivity contribution in [3.63, 3.8) is 0 Å². The largest absolute Gasteiger partial charge is 0.497 e. The smallest absolute Gasteiger partial charge is 0.129 e. The summed E-state index contributed by atoms with van der Waals surface area (Å²) in [5.74, 6) is 0.847. The number of hydrogen-bond donors (Lipinski definition) is 0. The van der Waals surface area contributed by atoms with Crippen LogP contribution in [0.15, 0.2) is 42.6 Å². The van der Waals surface area contributed by atoms with E-state index in [1.54, 1.807) is 19.4 Å². The first-order valence-electron chi connectivity index (χ1n) is 5.59. The molecule has 2 aromatic rings. The molecule has 0 N–H and O–H groups in total. The lowest BCUT2D eigenvalue weighted by molar-refractivity contribution is 0.107. The molecule has 0 radical (unpaired) electrons. The molecule has 94 valence electrons. The fraction of sp³-hybridized carbons (Fsp3) is 0.214. The van der Waals surface area contributed by atoms with Crippen LogP contribution in [0.25, 0.3) is 0 Å². The van der Waals surface area contributed by atoms with Crippen LogP contribution in [0, 0.1) is 0 Å². The van der Waals surface area contributed by atoms with Crippen LogP contribution in [0.1, 0.15) is 11.1 Å². The lowest BCUT2D eigenvalue weighted by atomic mass is 10.2. The summed E-state index contributed by atoms with van der Waals surface area (Å²) >= 11 is 5.79. The highest BCUT2D eigenvalue weighted by Gasteiger charge is 1.97. The van der Waals surface area contributed by atoms with Gasteiger partial charge in [-0.15, -0.1) is 0 Å². The van der Waals surface area contributed by atoms with E-state index in [1.165, 1.54) is 0 Å². The Labute approximate surface area is 111 Å². The number of methoxy groups -OCH3 is 1. The molecule has 0 aliphatic heterocycles. The molecule has 0 saturated carbocycles. The van der Waals surface area contributed by atoms with Gasteiger partial charge in [0.1, 0.15) is 10.9 Å². The van der Waals surface area contributed by atoms with Crippen LogP contribution < -0.4 is 4.74 Å². The van der Waals surface area contributed by atoms with Crippen molar-refractivity contribution >= 4 is 11.6 Å². The lowest BCUT2D eigenvalue weighted by Gasteiger charge is -2.05. The maximum Gasteiger partial charge on any atom is 0.129 e. The van der Waals surface area contributed by atoms with Crippen LogP contribution in [-0.4, -0.2) is 12.1 Å². The summed E-state index contributed by atoms with van der Waals surface area (Å²) in [6, 6.07) is 11.5. The Hall–Kier alpha value is -1.58. The number of benzene rings is 1. The molecule has 0 aliphatic rings. The van der Waals surface area contributed by atoms with Gasteiger partial charge in [0.25, 0.3) is 0 Å². The Morgan fingerprint density at radius 3 is 2.44 bits per heavy atom. The fourth-order valence-electron chi connectivity index (χ4n) is 1.54. The van der Waals surface area contributed by atoms with Crippen LogP contribution in [0.4, 0.5) is 0 Å². The zero-order chi connectivity index (χ0) is 12.8. The van der Waals surface area contributed by atoms with Crippen LogP contribution in [-0.2, 0) is 18.0 Å². The maximum absolute atomic E-state index is 5.79. The highest BCUT2D eigenvalue weighted by Crippen LogP contribution is 2.13. The van der Waals surface area contributed by atoms with Gasteiger partial charge in [0, 0.05) is 6.20 Å². The van der Waals surface area contributed by atoms with Gasteiger partial charge in [-0.25, -0.2) is 4.98 Å². The van der Waals surface area contributed by atoms with E-state index in [0.29, 0.717) is 18.4 Å². The van der Waals surface area contributed by atoms with Gasteiger partial charge in [-0.1, -0.05) is 23.7 Å². The van der Waals surface area contributed by atoms with Crippen LogP contribution in [0.2, 0.25) is 5.15 Å². The monoisotopic (exact) mass is 263 g/mol. The van der Waals surface area contributed by atoms with Gasteiger partial charge in [-0.05, 0) is 35.4 Å². The third-order valence-electron chi connectivity index (χ3n) is 2.49. The normalized spacial score (nSPS) is 10.3. The molecule has 0 spiro atoms. The molecule has 0 saturated heterocycles. The molecule has 3 nitrogen and oxygen atoms in total. The summed E-state index contributed by atoms with van der Waals surface area (Å²) in [6.45, 7) is 1.08. The van der Waals surface area contributed by atoms with Crippen molar-refractivity contribution in [2.75, 3.05) is 7.11 Å². The van der Waals surface area contributed by atoms with Crippen molar-refractivity contribution in [2.45, 2.75) is 13.2 Å². The predicted octanol–water partition coefficient (Wildman–Crippen LogP) is 3.46. The highest BCUT2D eigenvalue weighted by atomic mass is 35.5. The van der Waals surface area contributed by atoms with Crippen LogP contribution in [0.3, 0.4) is 0 Å². The molecule has 1 heterocycles. The van der Waals surface area contributed by atoms with Crippen molar-refractivity contribution in [1.29, 1.82) is 0 Å². The van der Waals surface area contributed by atoms with Crippen molar-refractivity contribution in [3.05, 3.63) is 58.9 Å². The van der Waals surface area contributed by atoms with Gasteiger partial charge in [0.2, 0.25) is 0 Å². The predicted molar refractivity (Wildman–Crippen MR) is 70.7 cm³/mol. The lowest BCUT2D eigenvalue weighted by Crippen LogP contribution is -1.94. The van der Waals surface area contributed by atoms with Crippen LogP contribution in [0.5, 0.6) is 5.75 Å². The van der Waals surface area contributed by atoms with E-state index < -0.39 is 0 Å². The molecule has 1 aromatic heterocycles. The maximum atomic E-state index is 5.79. The molecule has 0 amide bonds. The molecule has 4 heteroatoms. The van der Waals surface area contributed by atoms with E-state index in [1.807, 2.05) is 30.3 Å². The number of pyridine rings is 1. The standard InChI is InChI=1S/C14H14ClNO2/c1-17-13-4-2-11(3-5-13)9-18-10-12-6-7-16-14(15)8-12/h2-8H,9-10H2,1H3. The van der Waals surface area contributed by atoms with E-state index in [0.717, 1.165) is 16.9 Å². The fourth-order valence-corrected chi connectivity index (χ4v) is 1.74. The van der Waals surface area contributed by atoms with Crippen LogP contribution >= 0.6 is 11.6 Å². The molecule has 1 aromatic carbocycles. The second-order valence-electron chi connectivity index (χ2n) is 3.83. The van der Waals surface area contributed by atoms with Gasteiger partial charge in [0.05, 0.1) is 20.3 Å². The average Bonchev–Trinajstić information content (AvgIpc) is 2.40. The number of aromatic nitrogens is 1. The first kappa shape index (κ1) is 12.9. The molecule has 2 rings (SSSR count). The molecule has 18 heavy (non-hydrogen) atoms. The van der Waals surface area contributed by atoms with Gasteiger partial charge in [0.15, 0.2) is 0 Å². The summed E-state index contributed by atoms with van der Waals surface area (Å²) in [5.41, 5.74) is 2.12. The van der Waals surface area contributed by atoms with E-state index >= 15 is 0 Å². The Balaban J connectivity index is 1.84. The number of rotatable bonds is 5. The van der Waals surface area contributed by atoms with Crippen molar-refractivity contribution < 1.29 is 9.47 Å². The van der Waals surface area contributed by atoms with E-state index in [-0.39, 0.29) is 0 Å². The Bertz CT molecular complexity index is 499. The SMILES string of the molecule is COc1ccc(COCc2ccnc(Cl)c2)cc1. The minimum absolute atomic E-state index is 0.487. The third kappa shape index (κ3) is 3.72. The Kier molecular flexibility index (Phi) is 4.56. The highest BCUT2D eigenvalue weighted by molar-refractivity contribution is 6.29. The minimum Gasteiger partial charge on any atom is -0.497 e. The molecule has 0 fully saturated rings. The number of nitrogens with zero attached hydrogens (tertiary/aromatic N) is 1. The summed E-state index contributed by atoms with van der Waals surface area (Å²) in [4.78, 5) is 3.92. The van der Waals surface area contributed by atoms with E-state index in [4.69, 9.17) is 21.1 Å². The second kappa shape index (κ2) is 6.38. The van der Waals surface area contributed by atoms with Crippen molar-refractivity contribution in [1.82, 2.24) is 4.98 Å². The summed E-state index contributed by atoms with van der Waals surface area (Å²) < 4.78 is 10.7.